The van der Waals surface area contributed by atoms with Gasteiger partial charge in [0.25, 0.3) is 0 Å². The van der Waals surface area contributed by atoms with Crippen LogP contribution >= 0.6 is 0 Å². The van der Waals surface area contributed by atoms with Crippen molar-refractivity contribution < 1.29 is 13.9 Å². The van der Waals surface area contributed by atoms with Gasteiger partial charge in [-0.2, -0.15) is 0 Å². The molecule has 1 amide bonds. The Hall–Kier alpha value is -3.55. The monoisotopic (exact) mass is 447 g/mol. The normalized spacial score (nSPS) is 19.2. The van der Waals surface area contributed by atoms with E-state index < -0.39 is 5.60 Å². The lowest BCUT2D eigenvalue weighted by atomic mass is 9.97. The van der Waals surface area contributed by atoms with Crippen molar-refractivity contribution in [2.75, 3.05) is 5.32 Å². The number of nitrogens with zero attached hydrogens (tertiary/aromatic N) is 4. The van der Waals surface area contributed by atoms with E-state index in [0.29, 0.717) is 23.8 Å². The highest BCUT2D eigenvalue weighted by Crippen LogP contribution is 2.47. The number of nitrogens with one attached hydrogen (secondary N) is 1. The highest BCUT2D eigenvalue weighted by atomic mass is 19.1. The molecule has 1 fully saturated rings. The Morgan fingerprint density at radius 2 is 1.94 bits per heavy atom. The van der Waals surface area contributed by atoms with Crippen LogP contribution in [0, 0.1) is 5.82 Å². The highest BCUT2D eigenvalue weighted by molar-refractivity contribution is 5.73. The first kappa shape index (κ1) is 21.3. The number of halogens is 1. The van der Waals surface area contributed by atoms with Crippen LogP contribution < -0.4 is 5.32 Å². The van der Waals surface area contributed by atoms with E-state index in [1.165, 1.54) is 12.1 Å². The number of carbonyl (C=O) groups excluding carboxylic acids is 1. The summed E-state index contributed by atoms with van der Waals surface area (Å²) in [5.41, 5.74) is 2.62. The molecule has 2 aromatic heterocycles. The average Bonchev–Trinajstić information content (AvgIpc) is 3.07. The number of fused-ring (bicyclic) bond motifs is 4. The standard InChI is InChI=1S/C25H26FN5O2/c1-25(2,3)33-24(32)31-18-7-8-20(31)21-19(14-18)29-22(15-9-11-27-12-10-15)30-23(21)28-17-6-4-5-16(26)13-17/h4-6,9-13,18,20H,7-8,14H2,1-3H3,(H,28,29,30)/t18-,20-/m0/s1. The molecule has 2 atom stereocenters. The molecule has 1 N–H and O–H groups in total. The Morgan fingerprint density at radius 1 is 1.15 bits per heavy atom. The van der Waals surface area contributed by atoms with Gasteiger partial charge >= 0.3 is 6.09 Å². The molecule has 0 saturated carbocycles. The topological polar surface area (TPSA) is 80.2 Å². The number of benzene rings is 1. The first-order chi connectivity index (χ1) is 15.8. The van der Waals surface area contributed by atoms with Crippen LogP contribution in [-0.2, 0) is 11.2 Å². The molecule has 2 bridgehead atoms. The minimum atomic E-state index is -0.582. The average molecular weight is 448 g/mol. The third-order valence-corrected chi connectivity index (χ3v) is 5.92. The first-order valence-corrected chi connectivity index (χ1v) is 11.1. The fourth-order valence-corrected chi connectivity index (χ4v) is 4.63. The number of carbonyl (C=O) groups is 1. The molecule has 7 nitrogen and oxygen atoms in total. The summed E-state index contributed by atoms with van der Waals surface area (Å²) in [6.07, 6.45) is 5.35. The summed E-state index contributed by atoms with van der Waals surface area (Å²) in [5, 5.41) is 3.29. The van der Waals surface area contributed by atoms with E-state index in [0.717, 1.165) is 29.7 Å². The van der Waals surface area contributed by atoms with Gasteiger partial charge in [-0.05, 0) is 63.9 Å². The third-order valence-electron chi connectivity index (χ3n) is 5.92. The van der Waals surface area contributed by atoms with Crippen molar-refractivity contribution in [2.45, 2.75) is 57.7 Å². The third kappa shape index (κ3) is 4.25. The van der Waals surface area contributed by atoms with Gasteiger partial charge in [0, 0.05) is 41.7 Å². The number of pyridine rings is 1. The summed E-state index contributed by atoms with van der Waals surface area (Å²) in [6, 6.07) is 9.80. The van der Waals surface area contributed by atoms with Crippen LogP contribution in [0.1, 0.15) is 50.9 Å². The molecule has 2 aliphatic rings. The predicted octanol–water partition coefficient (Wildman–Crippen LogP) is 5.42. The second kappa shape index (κ2) is 8.10. The molecule has 0 unspecified atom stereocenters. The zero-order valence-corrected chi connectivity index (χ0v) is 18.9. The molecule has 0 aliphatic carbocycles. The molecule has 0 spiro atoms. The number of hydrogen-bond donors (Lipinski definition) is 1. The number of rotatable bonds is 3. The van der Waals surface area contributed by atoms with Gasteiger partial charge in [-0.3, -0.25) is 9.88 Å². The lowest BCUT2D eigenvalue weighted by Gasteiger charge is -2.37. The predicted molar refractivity (Wildman–Crippen MR) is 122 cm³/mol. The molecule has 5 rings (SSSR count). The van der Waals surface area contributed by atoms with Gasteiger partial charge in [-0.1, -0.05) is 6.07 Å². The van der Waals surface area contributed by atoms with Gasteiger partial charge in [0.15, 0.2) is 5.82 Å². The molecule has 4 heterocycles. The summed E-state index contributed by atoms with van der Waals surface area (Å²) < 4.78 is 19.6. The second-order valence-electron chi connectivity index (χ2n) is 9.47. The molecule has 33 heavy (non-hydrogen) atoms. The first-order valence-electron chi connectivity index (χ1n) is 11.1. The smallest absolute Gasteiger partial charge is 0.411 e. The van der Waals surface area contributed by atoms with Crippen molar-refractivity contribution in [2.24, 2.45) is 0 Å². The van der Waals surface area contributed by atoms with Gasteiger partial charge in [0.05, 0.1) is 11.7 Å². The van der Waals surface area contributed by atoms with Crippen molar-refractivity contribution in [1.82, 2.24) is 19.9 Å². The maximum absolute atomic E-state index is 13.9. The Labute approximate surface area is 192 Å². The number of ether oxygens (including phenoxy) is 1. The van der Waals surface area contributed by atoms with E-state index >= 15 is 0 Å². The summed E-state index contributed by atoms with van der Waals surface area (Å²) in [7, 11) is 0. The lowest BCUT2D eigenvalue weighted by Crippen LogP contribution is -2.45. The van der Waals surface area contributed by atoms with Crippen LogP contribution in [0.3, 0.4) is 0 Å². The van der Waals surface area contributed by atoms with Gasteiger partial charge in [-0.25, -0.2) is 19.2 Å². The van der Waals surface area contributed by atoms with Gasteiger partial charge < -0.3 is 10.1 Å². The van der Waals surface area contributed by atoms with Crippen molar-refractivity contribution in [3.63, 3.8) is 0 Å². The van der Waals surface area contributed by atoms with Crippen molar-refractivity contribution >= 4 is 17.6 Å². The Bertz CT molecular complexity index is 1200. The zero-order valence-electron chi connectivity index (χ0n) is 18.9. The molecular weight excluding hydrogens is 421 g/mol. The van der Waals surface area contributed by atoms with Crippen molar-refractivity contribution in [3.05, 3.63) is 65.9 Å². The van der Waals surface area contributed by atoms with E-state index in [1.807, 2.05) is 37.8 Å². The Morgan fingerprint density at radius 3 is 2.67 bits per heavy atom. The molecule has 3 aromatic rings. The van der Waals surface area contributed by atoms with Gasteiger partial charge in [0.2, 0.25) is 0 Å². The van der Waals surface area contributed by atoms with E-state index in [9.17, 15) is 9.18 Å². The van der Waals surface area contributed by atoms with E-state index in [1.54, 1.807) is 24.5 Å². The Kier molecular flexibility index (Phi) is 5.23. The lowest BCUT2D eigenvalue weighted by molar-refractivity contribution is 0.0123. The minimum absolute atomic E-state index is 0.0274. The van der Waals surface area contributed by atoms with Gasteiger partial charge in [0.1, 0.15) is 17.2 Å². The fraction of sp³-hybridized carbons (Fsp3) is 0.360. The highest BCUT2D eigenvalue weighted by Gasteiger charge is 2.46. The molecule has 2 aliphatic heterocycles. The van der Waals surface area contributed by atoms with Crippen molar-refractivity contribution in [1.29, 1.82) is 0 Å². The van der Waals surface area contributed by atoms with Crippen LogP contribution in [0.15, 0.2) is 48.8 Å². The zero-order chi connectivity index (χ0) is 23.2. The van der Waals surface area contributed by atoms with Crippen molar-refractivity contribution in [3.8, 4) is 11.4 Å². The quantitative estimate of drug-likeness (QED) is 0.578. The molecule has 1 aromatic carbocycles. The maximum Gasteiger partial charge on any atom is 0.411 e. The van der Waals surface area contributed by atoms with E-state index in [-0.39, 0.29) is 24.0 Å². The van der Waals surface area contributed by atoms with Crippen LogP contribution in [0.5, 0.6) is 0 Å². The Balaban J connectivity index is 1.60. The maximum atomic E-state index is 13.9. The van der Waals surface area contributed by atoms with Crippen LogP contribution in [-0.4, -0.2) is 37.6 Å². The molecule has 8 heteroatoms. The van der Waals surface area contributed by atoms with E-state index in [4.69, 9.17) is 14.7 Å². The number of anilines is 2. The molecule has 0 radical (unpaired) electrons. The molecule has 1 saturated heterocycles. The number of amides is 1. The number of aromatic nitrogens is 3. The summed E-state index contributed by atoms with van der Waals surface area (Å²) in [5.74, 6) is 0.810. The summed E-state index contributed by atoms with van der Waals surface area (Å²) in [6.45, 7) is 5.60. The molecule has 170 valence electrons. The van der Waals surface area contributed by atoms with Crippen LogP contribution in [0.2, 0.25) is 0 Å². The SMILES string of the molecule is CC(C)(C)OC(=O)N1[C@H]2CC[C@H]1c1c(nc(-c3ccncc3)nc1Nc1cccc(F)c1)C2. The van der Waals surface area contributed by atoms with Crippen LogP contribution in [0.4, 0.5) is 20.7 Å². The van der Waals surface area contributed by atoms with Gasteiger partial charge in [-0.15, -0.1) is 0 Å². The molecular formula is C25H26FN5O2. The summed E-state index contributed by atoms with van der Waals surface area (Å²) in [4.78, 5) is 28.7. The fourth-order valence-electron chi connectivity index (χ4n) is 4.63. The largest absolute Gasteiger partial charge is 0.444 e. The second-order valence-corrected chi connectivity index (χ2v) is 9.47. The van der Waals surface area contributed by atoms with Crippen LogP contribution in [0.25, 0.3) is 11.4 Å². The summed E-state index contributed by atoms with van der Waals surface area (Å²) >= 11 is 0. The minimum Gasteiger partial charge on any atom is -0.444 e. The van der Waals surface area contributed by atoms with E-state index in [2.05, 4.69) is 10.3 Å². The number of hydrogen-bond acceptors (Lipinski definition) is 6.